The Morgan fingerprint density at radius 2 is 1.78 bits per heavy atom. The van der Waals surface area contributed by atoms with Crippen LogP contribution in [0.2, 0.25) is 0 Å². The number of rotatable bonds is 10. The number of aliphatic hydroxyl groups is 1. The third-order valence-corrected chi connectivity index (χ3v) is 5.98. The minimum absolute atomic E-state index is 0.00333. The highest BCUT2D eigenvalue weighted by Crippen LogP contribution is 2.32. The van der Waals surface area contributed by atoms with Gasteiger partial charge in [-0.3, -0.25) is 14.2 Å². The van der Waals surface area contributed by atoms with Crippen molar-refractivity contribution in [3.05, 3.63) is 83.2 Å². The summed E-state index contributed by atoms with van der Waals surface area (Å²) in [6.07, 6.45) is 1.68. The van der Waals surface area contributed by atoms with E-state index >= 15 is 0 Å². The summed E-state index contributed by atoms with van der Waals surface area (Å²) in [6, 6.07) is 12.3. The Morgan fingerprint density at radius 3 is 2.36 bits per heavy atom. The number of allylic oxidation sites excluding steroid dienone is 1. The van der Waals surface area contributed by atoms with E-state index in [0.29, 0.717) is 18.8 Å². The van der Waals surface area contributed by atoms with Gasteiger partial charge in [0.1, 0.15) is 18.3 Å². The van der Waals surface area contributed by atoms with E-state index in [1.807, 2.05) is 46.5 Å². The predicted molar refractivity (Wildman–Crippen MR) is 137 cm³/mol. The lowest BCUT2D eigenvalue weighted by Gasteiger charge is -2.39. The number of carbonyl (C=O) groups is 1. The number of nitrogens with zero attached hydrogens (tertiary/aromatic N) is 3. The molecule has 0 radical (unpaired) electrons. The topological polar surface area (TPSA) is 59.1 Å². The first-order chi connectivity index (χ1) is 16.9. The standard InChI is InChI=1S/C27H35ClF2N4O2/c1-19(35)31-25(12-21-10-22(29)13-23(30)11-21)26(36)17-33(15-20-8-6-5-7-9-20)34-18-32(28)16-24(34)14-27(2,3)4/h5-11,13,16,25-26,36H,12,14-15,17-18H2,1-4H3,(H,31,35). The molecule has 1 aliphatic heterocycles. The molecule has 0 aromatic heterocycles. The summed E-state index contributed by atoms with van der Waals surface area (Å²) < 4.78 is 29.1. The molecule has 3 rings (SSSR count). The number of nitrogens with one attached hydrogen (secondary N) is 1. The van der Waals surface area contributed by atoms with Crippen LogP contribution in [0.4, 0.5) is 8.78 Å². The fourth-order valence-corrected chi connectivity index (χ4v) is 4.57. The molecule has 0 fully saturated rings. The molecule has 196 valence electrons. The predicted octanol–water partition coefficient (Wildman–Crippen LogP) is 4.80. The summed E-state index contributed by atoms with van der Waals surface area (Å²) >= 11 is 6.38. The van der Waals surface area contributed by atoms with E-state index < -0.39 is 23.8 Å². The summed E-state index contributed by atoms with van der Waals surface area (Å²) in [6.45, 7) is 8.82. The van der Waals surface area contributed by atoms with E-state index in [0.717, 1.165) is 23.7 Å². The van der Waals surface area contributed by atoms with Gasteiger partial charge in [-0.25, -0.2) is 13.8 Å². The number of hydrogen-bond acceptors (Lipinski definition) is 5. The van der Waals surface area contributed by atoms with E-state index in [2.05, 4.69) is 26.1 Å². The van der Waals surface area contributed by atoms with E-state index in [4.69, 9.17) is 11.8 Å². The summed E-state index contributed by atoms with van der Waals surface area (Å²) in [4.78, 5) is 11.9. The van der Waals surface area contributed by atoms with Gasteiger partial charge in [-0.05, 0) is 41.5 Å². The lowest BCUT2D eigenvalue weighted by Crippen LogP contribution is -2.52. The zero-order chi connectivity index (χ0) is 26.5. The van der Waals surface area contributed by atoms with Gasteiger partial charge >= 0.3 is 0 Å². The molecule has 0 spiro atoms. The van der Waals surface area contributed by atoms with Crippen LogP contribution in [-0.4, -0.2) is 50.8 Å². The molecule has 9 heteroatoms. The van der Waals surface area contributed by atoms with Gasteiger partial charge in [0.15, 0.2) is 0 Å². The number of hydrogen-bond donors (Lipinski definition) is 2. The Bertz CT molecular complexity index is 1040. The molecule has 0 saturated carbocycles. The van der Waals surface area contributed by atoms with Crippen molar-refractivity contribution in [2.45, 2.75) is 59.2 Å². The first-order valence-electron chi connectivity index (χ1n) is 12.0. The molecule has 1 heterocycles. The monoisotopic (exact) mass is 520 g/mol. The van der Waals surface area contributed by atoms with Crippen LogP contribution in [0, 0.1) is 17.0 Å². The fourth-order valence-electron chi connectivity index (χ4n) is 4.35. The van der Waals surface area contributed by atoms with Gasteiger partial charge in [-0.15, -0.1) is 0 Å². The molecule has 2 N–H and O–H groups in total. The quantitative estimate of drug-likeness (QED) is 0.441. The van der Waals surface area contributed by atoms with Crippen LogP contribution in [0.1, 0.15) is 45.2 Å². The summed E-state index contributed by atoms with van der Waals surface area (Å²) in [7, 11) is 0. The van der Waals surface area contributed by atoms with Crippen molar-refractivity contribution in [3.8, 4) is 0 Å². The Morgan fingerprint density at radius 1 is 1.14 bits per heavy atom. The van der Waals surface area contributed by atoms with E-state index in [9.17, 15) is 18.7 Å². The minimum Gasteiger partial charge on any atom is -0.390 e. The molecule has 0 saturated heterocycles. The Hall–Kier alpha value is -2.68. The first kappa shape index (κ1) is 27.9. The van der Waals surface area contributed by atoms with Crippen LogP contribution in [0.25, 0.3) is 0 Å². The van der Waals surface area contributed by atoms with Gasteiger partial charge in [0.05, 0.1) is 12.1 Å². The Kier molecular flexibility index (Phi) is 9.33. The lowest BCUT2D eigenvalue weighted by molar-refractivity contribution is -0.121. The number of benzene rings is 2. The summed E-state index contributed by atoms with van der Waals surface area (Å²) in [5, 5.41) is 18.1. The molecular formula is C27H35ClF2N4O2. The molecule has 2 unspecified atom stereocenters. The number of aliphatic hydroxyl groups excluding tert-OH is 1. The fraction of sp³-hybridized carbons (Fsp3) is 0.444. The van der Waals surface area contributed by atoms with Gasteiger partial charge in [0.2, 0.25) is 5.91 Å². The minimum atomic E-state index is -1.04. The Balaban J connectivity index is 1.87. The number of amides is 1. The highest BCUT2D eigenvalue weighted by molar-refractivity contribution is 6.14. The van der Waals surface area contributed by atoms with Crippen molar-refractivity contribution in [3.63, 3.8) is 0 Å². The largest absolute Gasteiger partial charge is 0.390 e. The normalized spacial score (nSPS) is 15.8. The highest BCUT2D eigenvalue weighted by Gasteiger charge is 2.32. The van der Waals surface area contributed by atoms with Crippen molar-refractivity contribution >= 4 is 17.7 Å². The van der Waals surface area contributed by atoms with Gasteiger partial charge in [0, 0.05) is 49.8 Å². The van der Waals surface area contributed by atoms with Crippen LogP contribution < -0.4 is 5.32 Å². The number of halogens is 3. The van der Waals surface area contributed by atoms with Crippen LogP contribution >= 0.6 is 11.8 Å². The molecule has 2 atom stereocenters. The Labute approximate surface area is 217 Å². The van der Waals surface area contributed by atoms with Gasteiger partial charge in [-0.1, -0.05) is 51.1 Å². The van der Waals surface area contributed by atoms with Gasteiger partial charge in [0.25, 0.3) is 0 Å². The van der Waals surface area contributed by atoms with Crippen molar-refractivity contribution < 1.29 is 18.7 Å². The number of hydrazine groups is 1. The molecule has 2 aromatic carbocycles. The van der Waals surface area contributed by atoms with Crippen LogP contribution in [0.5, 0.6) is 0 Å². The smallest absolute Gasteiger partial charge is 0.217 e. The molecule has 0 bridgehead atoms. The average Bonchev–Trinajstić information content (AvgIpc) is 3.10. The van der Waals surface area contributed by atoms with Crippen molar-refractivity contribution in [2.24, 2.45) is 5.41 Å². The van der Waals surface area contributed by atoms with E-state index in [1.54, 1.807) is 4.42 Å². The third-order valence-electron chi connectivity index (χ3n) is 5.78. The van der Waals surface area contributed by atoms with E-state index in [1.165, 1.54) is 19.1 Å². The van der Waals surface area contributed by atoms with Crippen molar-refractivity contribution in [1.82, 2.24) is 19.8 Å². The van der Waals surface area contributed by atoms with Crippen LogP contribution in [0.15, 0.2) is 60.4 Å². The second-order valence-corrected chi connectivity index (χ2v) is 10.9. The SMILES string of the molecule is CC(=O)NC(Cc1cc(F)cc(F)c1)C(O)CN(Cc1ccccc1)N1CN(Cl)C=C1CC(C)(C)C. The second kappa shape index (κ2) is 12.0. The summed E-state index contributed by atoms with van der Waals surface area (Å²) in [5.41, 5.74) is 2.39. The van der Waals surface area contributed by atoms with Crippen LogP contribution in [-0.2, 0) is 17.8 Å². The average molecular weight is 521 g/mol. The van der Waals surface area contributed by atoms with Gasteiger partial charge < -0.3 is 10.4 Å². The summed E-state index contributed by atoms with van der Waals surface area (Å²) in [5.74, 6) is -1.75. The zero-order valence-electron chi connectivity index (χ0n) is 21.2. The molecule has 1 amide bonds. The van der Waals surface area contributed by atoms with Crippen LogP contribution in [0.3, 0.4) is 0 Å². The van der Waals surface area contributed by atoms with E-state index in [-0.39, 0.29) is 24.3 Å². The highest BCUT2D eigenvalue weighted by atomic mass is 35.5. The lowest BCUT2D eigenvalue weighted by atomic mass is 9.90. The number of carbonyl (C=O) groups excluding carboxylic acids is 1. The zero-order valence-corrected chi connectivity index (χ0v) is 22.0. The maximum absolute atomic E-state index is 13.8. The third kappa shape index (κ3) is 8.47. The molecule has 6 nitrogen and oxygen atoms in total. The van der Waals surface area contributed by atoms with Gasteiger partial charge in [-0.2, -0.15) is 0 Å². The van der Waals surface area contributed by atoms with Crippen molar-refractivity contribution in [2.75, 3.05) is 13.2 Å². The maximum atomic E-state index is 13.8. The molecular weight excluding hydrogens is 486 g/mol. The molecule has 0 aliphatic carbocycles. The first-order valence-corrected chi connectivity index (χ1v) is 12.3. The molecule has 1 aliphatic rings. The molecule has 36 heavy (non-hydrogen) atoms. The second-order valence-electron chi connectivity index (χ2n) is 10.5. The molecule has 2 aromatic rings. The maximum Gasteiger partial charge on any atom is 0.217 e. The van der Waals surface area contributed by atoms with Crippen molar-refractivity contribution in [1.29, 1.82) is 0 Å².